The first kappa shape index (κ1) is 8.23. The lowest BCUT2D eigenvalue weighted by molar-refractivity contribution is 0.163. The number of urea groups is 1. The topological polar surface area (TPSA) is 55.6 Å². The number of carbonyl (C=O) groups excluding carboxylic acids is 1. The van der Waals surface area contributed by atoms with Gasteiger partial charge in [0.1, 0.15) is 0 Å². The van der Waals surface area contributed by atoms with Gasteiger partial charge in [-0.1, -0.05) is 0 Å². The van der Waals surface area contributed by atoms with Gasteiger partial charge in [0.25, 0.3) is 0 Å². The van der Waals surface area contributed by atoms with Crippen LogP contribution in [-0.4, -0.2) is 38.2 Å². The van der Waals surface area contributed by atoms with E-state index in [1.54, 1.807) is 14.2 Å². The molecule has 4 nitrogen and oxygen atoms in total. The van der Waals surface area contributed by atoms with Crippen molar-refractivity contribution in [2.75, 3.05) is 27.3 Å². The number of nitrogens with two attached hydrogens (primary N) is 1. The molecular formula is C5H12N2O2. The molecule has 0 heterocycles. The molecule has 2 amide bonds. The van der Waals surface area contributed by atoms with Gasteiger partial charge in [0, 0.05) is 20.7 Å². The Morgan fingerprint density at radius 1 is 1.78 bits per heavy atom. The summed E-state index contributed by atoms with van der Waals surface area (Å²) in [6.45, 7) is 1.07. The average molecular weight is 132 g/mol. The molecule has 0 aromatic carbocycles. The van der Waals surface area contributed by atoms with E-state index in [0.717, 1.165) is 0 Å². The molecule has 0 aromatic rings. The van der Waals surface area contributed by atoms with E-state index < -0.39 is 6.03 Å². The van der Waals surface area contributed by atoms with Crippen molar-refractivity contribution < 1.29 is 9.53 Å². The minimum atomic E-state index is -0.424. The molecule has 4 heteroatoms. The first-order valence-electron chi connectivity index (χ1n) is 2.68. The van der Waals surface area contributed by atoms with E-state index in [-0.39, 0.29) is 0 Å². The summed E-state index contributed by atoms with van der Waals surface area (Å²) in [6.07, 6.45) is 0. The molecule has 0 aliphatic carbocycles. The summed E-state index contributed by atoms with van der Waals surface area (Å²) in [5.41, 5.74) is 4.91. The van der Waals surface area contributed by atoms with Crippen LogP contribution in [0.25, 0.3) is 0 Å². The van der Waals surface area contributed by atoms with Gasteiger partial charge in [0.05, 0.1) is 6.61 Å². The number of primary amides is 1. The van der Waals surface area contributed by atoms with Crippen molar-refractivity contribution in [1.82, 2.24) is 4.90 Å². The summed E-state index contributed by atoms with van der Waals surface area (Å²) in [5, 5.41) is 0. The van der Waals surface area contributed by atoms with Crippen molar-refractivity contribution in [3.8, 4) is 0 Å². The van der Waals surface area contributed by atoms with Crippen LogP contribution in [0, 0.1) is 0 Å². The molecular weight excluding hydrogens is 120 g/mol. The van der Waals surface area contributed by atoms with Gasteiger partial charge in [-0.3, -0.25) is 0 Å². The molecule has 9 heavy (non-hydrogen) atoms. The van der Waals surface area contributed by atoms with Gasteiger partial charge >= 0.3 is 6.03 Å². The Kier molecular flexibility index (Phi) is 3.79. The third kappa shape index (κ3) is 3.78. The van der Waals surface area contributed by atoms with Crippen LogP contribution in [0.4, 0.5) is 4.79 Å². The lowest BCUT2D eigenvalue weighted by Gasteiger charge is -2.11. The van der Waals surface area contributed by atoms with E-state index in [9.17, 15) is 4.79 Å². The van der Waals surface area contributed by atoms with Crippen LogP contribution in [0.5, 0.6) is 0 Å². The van der Waals surface area contributed by atoms with Crippen LogP contribution in [-0.2, 0) is 4.74 Å². The summed E-state index contributed by atoms with van der Waals surface area (Å²) in [6, 6.07) is -0.424. The molecule has 2 N–H and O–H groups in total. The number of methoxy groups -OCH3 is 1. The Morgan fingerprint density at radius 2 is 2.33 bits per heavy atom. The van der Waals surface area contributed by atoms with E-state index in [4.69, 9.17) is 10.5 Å². The van der Waals surface area contributed by atoms with Gasteiger partial charge in [-0.2, -0.15) is 0 Å². The van der Waals surface area contributed by atoms with Crippen molar-refractivity contribution in [3.63, 3.8) is 0 Å². The second-order valence-electron chi connectivity index (χ2n) is 1.75. The zero-order valence-corrected chi connectivity index (χ0v) is 5.76. The molecule has 0 bridgehead atoms. The largest absolute Gasteiger partial charge is 0.383 e. The number of likely N-dealkylation sites (N-methyl/N-ethyl adjacent to an activating group) is 1. The summed E-state index contributed by atoms with van der Waals surface area (Å²) >= 11 is 0. The fraction of sp³-hybridized carbons (Fsp3) is 0.800. The van der Waals surface area contributed by atoms with Gasteiger partial charge < -0.3 is 15.4 Å². The standard InChI is InChI=1S/C5H12N2O2/c1-7(5(6)8)3-4-9-2/h3-4H2,1-2H3,(H2,6,8). The number of rotatable bonds is 3. The van der Waals surface area contributed by atoms with Crippen LogP contribution in [0.2, 0.25) is 0 Å². The SMILES string of the molecule is COCCN(C)C(N)=O. The molecule has 0 aliphatic rings. The minimum absolute atomic E-state index is 0.424. The smallest absolute Gasteiger partial charge is 0.314 e. The Bertz CT molecular complexity index is 95.0. The molecule has 0 rings (SSSR count). The van der Waals surface area contributed by atoms with Gasteiger partial charge in [-0.25, -0.2) is 4.79 Å². The normalized spacial score (nSPS) is 9.11. The molecule has 0 fully saturated rings. The zero-order chi connectivity index (χ0) is 7.28. The zero-order valence-electron chi connectivity index (χ0n) is 5.76. The van der Waals surface area contributed by atoms with Crippen molar-refractivity contribution in [2.24, 2.45) is 5.73 Å². The number of carbonyl (C=O) groups is 1. The number of ether oxygens (including phenoxy) is 1. The van der Waals surface area contributed by atoms with Crippen LogP contribution < -0.4 is 5.73 Å². The molecule has 0 aliphatic heterocycles. The Morgan fingerprint density at radius 3 is 2.67 bits per heavy atom. The fourth-order valence-corrected chi connectivity index (χ4v) is 0.338. The van der Waals surface area contributed by atoms with Crippen molar-refractivity contribution in [1.29, 1.82) is 0 Å². The number of hydrogen-bond donors (Lipinski definition) is 1. The highest BCUT2D eigenvalue weighted by atomic mass is 16.5. The van der Waals surface area contributed by atoms with Crippen LogP contribution in [0.3, 0.4) is 0 Å². The summed E-state index contributed by atoms with van der Waals surface area (Å²) in [7, 11) is 3.20. The highest BCUT2D eigenvalue weighted by molar-refractivity contribution is 5.71. The van der Waals surface area contributed by atoms with Crippen molar-refractivity contribution in [2.45, 2.75) is 0 Å². The summed E-state index contributed by atoms with van der Waals surface area (Å²) in [5.74, 6) is 0. The molecule has 0 saturated carbocycles. The molecule has 0 spiro atoms. The van der Waals surface area contributed by atoms with E-state index in [0.29, 0.717) is 13.2 Å². The Balaban J connectivity index is 3.27. The monoisotopic (exact) mass is 132 g/mol. The van der Waals surface area contributed by atoms with Crippen LogP contribution >= 0.6 is 0 Å². The van der Waals surface area contributed by atoms with E-state index in [2.05, 4.69) is 0 Å². The highest BCUT2D eigenvalue weighted by Crippen LogP contribution is 1.79. The van der Waals surface area contributed by atoms with Gasteiger partial charge in [0.15, 0.2) is 0 Å². The fourth-order valence-electron chi connectivity index (χ4n) is 0.338. The minimum Gasteiger partial charge on any atom is -0.383 e. The Labute approximate surface area is 54.6 Å². The lowest BCUT2D eigenvalue weighted by Crippen LogP contribution is -2.34. The second-order valence-corrected chi connectivity index (χ2v) is 1.75. The Hall–Kier alpha value is -0.770. The number of hydrogen-bond acceptors (Lipinski definition) is 2. The second kappa shape index (κ2) is 4.14. The highest BCUT2D eigenvalue weighted by Gasteiger charge is 1.99. The van der Waals surface area contributed by atoms with Gasteiger partial charge in [0.2, 0.25) is 0 Å². The molecule has 54 valence electrons. The maximum absolute atomic E-state index is 10.3. The third-order valence-electron chi connectivity index (χ3n) is 1.01. The van der Waals surface area contributed by atoms with E-state index in [1.165, 1.54) is 4.90 Å². The van der Waals surface area contributed by atoms with Crippen LogP contribution in [0.1, 0.15) is 0 Å². The molecule has 0 unspecified atom stereocenters. The number of amides is 2. The molecule has 0 radical (unpaired) electrons. The third-order valence-corrected chi connectivity index (χ3v) is 1.01. The maximum Gasteiger partial charge on any atom is 0.314 e. The predicted molar refractivity (Wildman–Crippen MR) is 34.1 cm³/mol. The van der Waals surface area contributed by atoms with Crippen molar-refractivity contribution >= 4 is 6.03 Å². The summed E-state index contributed by atoms with van der Waals surface area (Å²) in [4.78, 5) is 11.7. The number of nitrogens with zero attached hydrogens (tertiary/aromatic N) is 1. The summed E-state index contributed by atoms with van der Waals surface area (Å²) < 4.78 is 4.71. The predicted octanol–water partition coefficient (Wildman–Crippen LogP) is -0.357. The lowest BCUT2D eigenvalue weighted by atomic mass is 10.6. The molecule has 0 atom stereocenters. The maximum atomic E-state index is 10.3. The van der Waals surface area contributed by atoms with Crippen LogP contribution in [0.15, 0.2) is 0 Å². The molecule has 0 saturated heterocycles. The average Bonchev–Trinajstić information content (AvgIpc) is 1.82. The van der Waals surface area contributed by atoms with E-state index in [1.807, 2.05) is 0 Å². The molecule has 0 aromatic heterocycles. The quantitative estimate of drug-likeness (QED) is 0.570. The van der Waals surface area contributed by atoms with Crippen molar-refractivity contribution in [3.05, 3.63) is 0 Å². The first-order chi connectivity index (χ1) is 4.18. The van der Waals surface area contributed by atoms with Gasteiger partial charge in [-0.15, -0.1) is 0 Å². The first-order valence-corrected chi connectivity index (χ1v) is 2.68. The van der Waals surface area contributed by atoms with E-state index >= 15 is 0 Å². The van der Waals surface area contributed by atoms with Gasteiger partial charge in [-0.05, 0) is 0 Å².